The van der Waals surface area contributed by atoms with Gasteiger partial charge in [-0.05, 0) is 70.6 Å². The summed E-state index contributed by atoms with van der Waals surface area (Å²) in [6.07, 6.45) is 2.29. The number of carbonyl (C=O) groups is 4. The Morgan fingerprint density at radius 1 is 0.667 bits per heavy atom. The summed E-state index contributed by atoms with van der Waals surface area (Å²) >= 11 is 0. The highest BCUT2D eigenvalue weighted by Crippen LogP contribution is 2.20. The Morgan fingerprint density at radius 2 is 1.22 bits per heavy atom. The molecule has 0 spiro atoms. The van der Waals surface area contributed by atoms with E-state index < -0.39 is 29.8 Å². The summed E-state index contributed by atoms with van der Waals surface area (Å²) in [6, 6.07) is 35.6. The van der Waals surface area contributed by atoms with Crippen molar-refractivity contribution in [1.82, 2.24) is 20.9 Å². The lowest BCUT2D eigenvalue weighted by Crippen LogP contribution is -2.57. The van der Waals surface area contributed by atoms with Crippen molar-refractivity contribution in [2.75, 3.05) is 26.2 Å². The van der Waals surface area contributed by atoms with Crippen LogP contribution < -0.4 is 21.7 Å². The number of hydrogen-bond acceptors (Lipinski definition) is 5. The third-order valence-corrected chi connectivity index (χ3v) is 9.64. The first-order chi connectivity index (χ1) is 24.8. The van der Waals surface area contributed by atoms with Crippen molar-refractivity contribution in [2.45, 2.75) is 44.2 Å². The molecule has 51 heavy (non-hydrogen) atoms. The number of rotatable bonds is 14. The van der Waals surface area contributed by atoms with Crippen LogP contribution >= 0.6 is 0 Å². The average Bonchev–Trinajstić information content (AvgIpc) is 3.16. The highest BCUT2D eigenvalue weighted by atomic mass is 16.2. The van der Waals surface area contributed by atoms with E-state index in [4.69, 9.17) is 5.73 Å². The van der Waals surface area contributed by atoms with Crippen molar-refractivity contribution < 1.29 is 19.2 Å². The van der Waals surface area contributed by atoms with E-state index in [2.05, 4.69) is 16.0 Å². The minimum atomic E-state index is -1.02. The van der Waals surface area contributed by atoms with Gasteiger partial charge < -0.3 is 26.6 Å². The van der Waals surface area contributed by atoms with Gasteiger partial charge in [0.2, 0.25) is 23.6 Å². The molecule has 1 aliphatic rings. The summed E-state index contributed by atoms with van der Waals surface area (Å²) in [5, 5.41) is 13.5. The Hall–Kier alpha value is -5.54. The summed E-state index contributed by atoms with van der Waals surface area (Å²) in [4.78, 5) is 56.0. The average molecular weight is 684 g/mol. The fourth-order valence-corrected chi connectivity index (χ4v) is 6.84. The zero-order chi connectivity index (χ0) is 35.6. The van der Waals surface area contributed by atoms with Crippen LogP contribution in [0, 0.1) is 5.92 Å². The van der Waals surface area contributed by atoms with Crippen LogP contribution in [0.1, 0.15) is 29.5 Å². The normalized spacial score (nSPS) is 14.4. The van der Waals surface area contributed by atoms with Crippen LogP contribution in [-0.2, 0) is 38.4 Å². The van der Waals surface area contributed by atoms with Crippen LogP contribution in [0.5, 0.6) is 0 Å². The molecule has 9 nitrogen and oxygen atoms in total. The van der Waals surface area contributed by atoms with Gasteiger partial charge in [0.1, 0.15) is 12.1 Å². The number of hydrogen-bond donors (Lipinski definition) is 4. The Morgan fingerprint density at radius 3 is 1.80 bits per heavy atom. The van der Waals surface area contributed by atoms with Gasteiger partial charge in [-0.25, -0.2) is 0 Å². The van der Waals surface area contributed by atoms with Gasteiger partial charge in [-0.1, -0.05) is 115 Å². The van der Waals surface area contributed by atoms with Gasteiger partial charge in [-0.15, -0.1) is 0 Å². The predicted octanol–water partition coefficient (Wildman–Crippen LogP) is 4.30. The van der Waals surface area contributed by atoms with Crippen LogP contribution in [-0.4, -0.2) is 66.8 Å². The maximum atomic E-state index is 14.4. The van der Waals surface area contributed by atoms with E-state index in [-0.39, 0.29) is 37.8 Å². The quantitative estimate of drug-likeness (QED) is 0.139. The number of fused-ring (bicyclic) bond motifs is 2. The first-order valence-electron chi connectivity index (χ1n) is 17.7. The molecule has 0 radical (unpaired) electrons. The van der Waals surface area contributed by atoms with E-state index in [1.807, 2.05) is 115 Å². The molecule has 0 saturated carbocycles. The first kappa shape index (κ1) is 35.3. The summed E-state index contributed by atoms with van der Waals surface area (Å²) in [5.74, 6) is -1.91. The highest BCUT2D eigenvalue weighted by molar-refractivity contribution is 5.94. The largest absolute Gasteiger partial charge is 0.368 e. The zero-order valence-electron chi connectivity index (χ0n) is 28.7. The third-order valence-electron chi connectivity index (χ3n) is 9.64. The molecule has 6 rings (SSSR count). The van der Waals surface area contributed by atoms with Gasteiger partial charge in [-0.3, -0.25) is 19.2 Å². The van der Waals surface area contributed by atoms with Crippen LogP contribution in [0.25, 0.3) is 21.5 Å². The van der Waals surface area contributed by atoms with Crippen molar-refractivity contribution in [3.05, 3.63) is 132 Å². The van der Waals surface area contributed by atoms with E-state index in [1.165, 1.54) is 4.90 Å². The van der Waals surface area contributed by atoms with E-state index in [0.717, 1.165) is 51.3 Å². The number of nitrogens with two attached hydrogens (primary N) is 1. The van der Waals surface area contributed by atoms with Crippen molar-refractivity contribution in [3.63, 3.8) is 0 Å². The molecular weight excluding hydrogens is 638 g/mol. The van der Waals surface area contributed by atoms with E-state index in [1.54, 1.807) is 0 Å². The Labute approximate surface area is 298 Å². The molecule has 1 fully saturated rings. The van der Waals surface area contributed by atoms with Crippen molar-refractivity contribution >= 4 is 45.2 Å². The number of piperidine rings is 1. The summed E-state index contributed by atoms with van der Waals surface area (Å²) in [7, 11) is 0. The Bertz CT molecular complexity index is 1990. The van der Waals surface area contributed by atoms with E-state index in [0.29, 0.717) is 19.3 Å². The van der Waals surface area contributed by atoms with Gasteiger partial charge >= 0.3 is 0 Å². The Kier molecular flexibility index (Phi) is 11.7. The molecule has 262 valence electrons. The molecule has 1 saturated heterocycles. The lowest BCUT2D eigenvalue weighted by molar-refractivity contribution is -0.139. The summed E-state index contributed by atoms with van der Waals surface area (Å²) in [5.41, 5.74) is 8.38. The third kappa shape index (κ3) is 9.58. The minimum Gasteiger partial charge on any atom is -0.368 e. The van der Waals surface area contributed by atoms with Gasteiger partial charge in [0.15, 0.2) is 0 Å². The topological polar surface area (TPSA) is 134 Å². The Balaban J connectivity index is 1.29. The second-order valence-corrected chi connectivity index (χ2v) is 13.4. The fraction of sp³-hybridized carbons (Fsp3) is 0.286. The standard InChI is InChI=1S/C42H45N5O4/c43-39(48)28-47(23-20-29-8-2-1-3-9-29)42(51)38(27-31-15-17-33-11-5-7-13-36(33)25-31)46-41(50)37(45-40(49)34-18-21-44-22-19-34)26-30-14-16-32-10-4-6-12-35(32)24-30/h1-17,24-25,34,37-38,44H,18-23,26-28H2,(H2,43,48)(H,45,49)(H,46,50)/t37-,38-/m1/s1. The molecule has 0 unspecified atom stereocenters. The van der Waals surface area contributed by atoms with Gasteiger partial charge in [0, 0.05) is 25.3 Å². The lowest BCUT2D eigenvalue weighted by Gasteiger charge is -2.30. The molecule has 5 N–H and O–H groups in total. The molecule has 2 atom stereocenters. The second-order valence-electron chi connectivity index (χ2n) is 13.4. The van der Waals surface area contributed by atoms with Crippen molar-refractivity contribution in [1.29, 1.82) is 0 Å². The molecule has 4 amide bonds. The molecule has 5 aromatic carbocycles. The van der Waals surface area contributed by atoms with Crippen LogP contribution in [0.15, 0.2) is 115 Å². The van der Waals surface area contributed by atoms with E-state index >= 15 is 0 Å². The summed E-state index contributed by atoms with van der Waals surface area (Å²) in [6.45, 7) is 1.42. The molecule has 0 aliphatic carbocycles. The lowest BCUT2D eigenvalue weighted by atomic mass is 9.95. The van der Waals surface area contributed by atoms with Gasteiger partial charge in [-0.2, -0.15) is 0 Å². The van der Waals surface area contributed by atoms with Crippen molar-refractivity contribution in [2.24, 2.45) is 11.7 Å². The van der Waals surface area contributed by atoms with Crippen LogP contribution in [0.3, 0.4) is 0 Å². The predicted molar refractivity (Wildman–Crippen MR) is 201 cm³/mol. The molecular formula is C42H45N5O4. The summed E-state index contributed by atoms with van der Waals surface area (Å²) < 4.78 is 0. The number of nitrogens with one attached hydrogen (secondary N) is 3. The molecule has 0 aromatic heterocycles. The molecule has 1 aliphatic heterocycles. The molecule has 9 heteroatoms. The number of amides is 4. The zero-order valence-corrected chi connectivity index (χ0v) is 28.7. The minimum absolute atomic E-state index is 0.173. The monoisotopic (exact) mass is 683 g/mol. The number of primary amides is 1. The van der Waals surface area contributed by atoms with Gasteiger partial charge in [0.25, 0.3) is 0 Å². The fourth-order valence-electron chi connectivity index (χ4n) is 6.84. The van der Waals surface area contributed by atoms with E-state index in [9.17, 15) is 19.2 Å². The highest BCUT2D eigenvalue weighted by Gasteiger charge is 2.32. The molecule has 1 heterocycles. The second kappa shape index (κ2) is 16.9. The number of benzene rings is 5. The smallest absolute Gasteiger partial charge is 0.245 e. The first-order valence-corrected chi connectivity index (χ1v) is 17.7. The SMILES string of the molecule is NC(=O)CN(CCc1ccccc1)C(=O)[C@@H](Cc1ccc2ccccc2c1)NC(=O)[C@@H](Cc1ccc2ccccc2c1)NC(=O)C1CCNCC1. The maximum Gasteiger partial charge on any atom is 0.245 e. The molecule has 0 bridgehead atoms. The van der Waals surface area contributed by atoms with Gasteiger partial charge in [0.05, 0.1) is 6.54 Å². The number of nitrogens with zero attached hydrogens (tertiary/aromatic N) is 1. The van der Waals surface area contributed by atoms with Crippen LogP contribution in [0.4, 0.5) is 0 Å². The number of carbonyl (C=O) groups excluding carboxylic acids is 4. The maximum absolute atomic E-state index is 14.4. The molecule has 5 aromatic rings. The van der Waals surface area contributed by atoms with Crippen molar-refractivity contribution in [3.8, 4) is 0 Å². The van der Waals surface area contributed by atoms with Crippen LogP contribution in [0.2, 0.25) is 0 Å².